The van der Waals surface area contributed by atoms with Crippen molar-refractivity contribution < 1.29 is 4.74 Å². The second kappa shape index (κ2) is 5.80. The molecule has 1 saturated heterocycles. The number of nitrogens with one attached hydrogen (secondary N) is 1. The molecule has 2 aromatic heterocycles. The van der Waals surface area contributed by atoms with Crippen LogP contribution in [0.5, 0.6) is 0 Å². The first-order chi connectivity index (χ1) is 11.6. The molecular weight excluding hydrogens is 370 g/mol. The zero-order chi connectivity index (χ0) is 16.9. The molecule has 0 bridgehead atoms. The maximum absolute atomic E-state index is 9.74. The molecule has 1 N–H and O–H groups in total. The van der Waals surface area contributed by atoms with Crippen molar-refractivity contribution in [2.45, 2.75) is 50.8 Å². The van der Waals surface area contributed by atoms with Crippen molar-refractivity contribution in [1.29, 1.82) is 5.26 Å². The van der Waals surface area contributed by atoms with Crippen LogP contribution in [0.1, 0.15) is 44.1 Å². The summed E-state index contributed by atoms with van der Waals surface area (Å²) in [5.74, 6) is 0. The van der Waals surface area contributed by atoms with E-state index >= 15 is 0 Å². The Bertz CT molecular complexity index is 836. The average molecular weight is 390 g/mol. The van der Waals surface area contributed by atoms with Gasteiger partial charge >= 0.3 is 0 Å². The van der Waals surface area contributed by atoms with Crippen LogP contribution in [0.2, 0.25) is 0 Å². The summed E-state index contributed by atoms with van der Waals surface area (Å²) in [6, 6.07) is 4.79. The van der Waals surface area contributed by atoms with E-state index in [9.17, 15) is 5.26 Å². The first-order valence-corrected chi connectivity index (χ1v) is 9.22. The Hall–Kier alpha value is -1.49. The molecule has 2 fully saturated rings. The number of pyridine rings is 1. The lowest BCUT2D eigenvalue weighted by Crippen LogP contribution is -2.41. The van der Waals surface area contributed by atoms with Crippen LogP contribution in [-0.4, -0.2) is 34.0 Å². The number of aryl methyl sites for hydroxylation is 1. The third kappa shape index (κ3) is 2.36. The van der Waals surface area contributed by atoms with E-state index in [1.165, 1.54) is 0 Å². The average Bonchev–Trinajstić information content (AvgIpc) is 3.34. The molecule has 7 heteroatoms. The van der Waals surface area contributed by atoms with Gasteiger partial charge in [-0.25, -0.2) is 4.98 Å². The van der Waals surface area contributed by atoms with E-state index in [1.54, 1.807) is 0 Å². The molecular formula is C17H20BrN5O. The minimum absolute atomic E-state index is 0.103. The fourth-order valence-corrected chi connectivity index (χ4v) is 4.01. The molecule has 1 aliphatic carbocycles. The summed E-state index contributed by atoms with van der Waals surface area (Å²) in [5.41, 5.74) is 3.34. The Morgan fingerprint density at radius 1 is 1.54 bits per heavy atom. The topological polar surface area (TPSA) is 75.8 Å². The molecule has 0 aromatic carbocycles. The smallest absolute Gasteiger partial charge is 0.154 e. The zero-order valence-corrected chi connectivity index (χ0v) is 15.4. The van der Waals surface area contributed by atoms with Crippen LogP contribution >= 0.6 is 15.9 Å². The molecule has 4 rings (SSSR count). The summed E-state index contributed by atoms with van der Waals surface area (Å²) in [6.07, 6.45) is 1.69. The predicted molar refractivity (Wildman–Crippen MR) is 93.6 cm³/mol. The Kier molecular flexibility index (Phi) is 3.87. The highest BCUT2D eigenvalue weighted by atomic mass is 79.9. The van der Waals surface area contributed by atoms with Crippen LogP contribution in [0.25, 0.3) is 11.0 Å². The normalized spacial score (nSPS) is 25.6. The summed E-state index contributed by atoms with van der Waals surface area (Å²) in [6.45, 7) is 6.43. The van der Waals surface area contributed by atoms with Crippen molar-refractivity contribution in [2.24, 2.45) is 0 Å². The molecule has 2 aliphatic rings. The molecule has 2 aromatic rings. The summed E-state index contributed by atoms with van der Waals surface area (Å²) in [4.78, 5) is 4.85. The number of nitriles is 1. The minimum atomic E-state index is -0.395. The minimum Gasteiger partial charge on any atom is -0.369 e. The van der Waals surface area contributed by atoms with E-state index in [0.29, 0.717) is 6.61 Å². The number of hydrogen-bond donors (Lipinski definition) is 1. The fraction of sp³-hybridized carbons (Fsp3) is 0.588. The van der Waals surface area contributed by atoms with Gasteiger partial charge < -0.3 is 10.1 Å². The zero-order valence-electron chi connectivity index (χ0n) is 13.8. The van der Waals surface area contributed by atoms with Gasteiger partial charge in [0, 0.05) is 24.7 Å². The Morgan fingerprint density at radius 3 is 2.96 bits per heavy atom. The van der Waals surface area contributed by atoms with Crippen LogP contribution in [-0.2, 0) is 16.7 Å². The van der Waals surface area contributed by atoms with E-state index < -0.39 is 5.41 Å². The molecule has 1 saturated carbocycles. The molecule has 126 valence electrons. The lowest BCUT2D eigenvalue weighted by atomic mass is 9.94. The van der Waals surface area contributed by atoms with Crippen LogP contribution in [0.15, 0.2) is 10.7 Å². The van der Waals surface area contributed by atoms with Gasteiger partial charge in [-0.2, -0.15) is 10.4 Å². The quantitative estimate of drug-likeness (QED) is 0.872. The summed E-state index contributed by atoms with van der Waals surface area (Å²) in [5, 5.41) is 17.7. The predicted octanol–water partition coefficient (Wildman–Crippen LogP) is 2.82. The van der Waals surface area contributed by atoms with Crippen LogP contribution in [0, 0.1) is 11.3 Å². The summed E-state index contributed by atoms with van der Waals surface area (Å²) < 4.78 is 8.64. The number of rotatable bonds is 3. The van der Waals surface area contributed by atoms with Crippen LogP contribution in [0.4, 0.5) is 0 Å². The Balaban J connectivity index is 1.94. The molecule has 0 radical (unpaired) electrons. The number of morpholine rings is 1. The fourth-order valence-electron chi connectivity index (χ4n) is 3.54. The van der Waals surface area contributed by atoms with E-state index in [4.69, 9.17) is 9.72 Å². The molecule has 3 heterocycles. The van der Waals surface area contributed by atoms with Gasteiger partial charge in [0.15, 0.2) is 4.60 Å². The second-order valence-electron chi connectivity index (χ2n) is 6.63. The Labute approximate surface area is 149 Å². The van der Waals surface area contributed by atoms with Crippen molar-refractivity contribution in [1.82, 2.24) is 20.1 Å². The lowest BCUT2D eigenvalue weighted by molar-refractivity contribution is -0.00268. The van der Waals surface area contributed by atoms with Gasteiger partial charge in [-0.15, -0.1) is 0 Å². The van der Waals surface area contributed by atoms with Crippen molar-refractivity contribution in [3.8, 4) is 6.07 Å². The van der Waals surface area contributed by atoms with Gasteiger partial charge in [-0.1, -0.05) is 0 Å². The third-order valence-electron chi connectivity index (χ3n) is 5.07. The van der Waals surface area contributed by atoms with E-state index in [2.05, 4.69) is 52.3 Å². The van der Waals surface area contributed by atoms with E-state index in [1.807, 2.05) is 4.68 Å². The van der Waals surface area contributed by atoms with Gasteiger partial charge in [0.05, 0.1) is 29.3 Å². The number of nitrogens with zero attached hydrogens (tertiary/aromatic N) is 4. The van der Waals surface area contributed by atoms with Crippen molar-refractivity contribution in [3.05, 3.63) is 21.9 Å². The number of halogens is 1. The van der Waals surface area contributed by atoms with Gasteiger partial charge in [0.1, 0.15) is 11.6 Å². The second-order valence-corrected chi connectivity index (χ2v) is 7.38. The number of hydrogen-bond acceptors (Lipinski definition) is 5. The van der Waals surface area contributed by atoms with Crippen LogP contribution < -0.4 is 5.32 Å². The maximum Gasteiger partial charge on any atom is 0.154 e. The first kappa shape index (κ1) is 16.0. The summed E-state index contributed by atoms with van der Waals surface area (Å²) >= 11 is 3.54. The third-order valence-corrected chi connectivity index (χ3v) is 5.60. The molecule has 0 spiro atoms. The largest absolute Gasteiger partial charge is 0.369 e. The van der Waals surface area contributed by atoms with Gasteiger partial charge in [0.2, 0.25) is 0 Å². The van der Waals surface area contributed by atoms with Crippen molar-refractivity contribution in [2.75, 3.05) is 13.2 Å². The monoisotopic (exact) mass is 389 g/mol. The molecule has 2 atom stereocenters. The standard InChI is InChI=1S/C17H20BrN5O/c1-3-23-14-11(17(9-19)4-5-17)8-12(21-13(14)16(18)22-23)15-10(2)20-6-7-24-15/h8,10,15,20H,3-7H2,1-2H3/t10?,15-/m1/s1. The number of aromatic nitrogens is 3. The molecule has 1 unspecified atom stereocenters. The Morgan fingerprint density at radius 2 is 2.33 bits per heavy atom. The van der Waals surface area contributed by atoms with E-state index in [0.717, 1.165) is 52.8 Å². The molecule has 24 heavy (non-hydrogen) atoms. The van der Waals surface area contributed by atoms with Crippen LogP contribution in [0.3, 0.4) is 0 Å². The van der Waals surface area contributed by atoms with E-state index in [-0.39, 0.29) is 12.1 Å². The van der Waals surface area contributed by atoms with Gasteiger partial charge in [-0.05, 0) is 48.7 Å². The van der Waals surface area contributed by atoms with Crippen molar-refractivity contribution in [3.63, 3.8) is 0 Å². The number of fused-ring (bicyclic) bond motifs is 1. The highest BCUT2D eigenvalue weighted by Gasteiger charge is 2.47. The first-order valence-electron chi connectivity index (χ1n) is 8.43. The summed E-state index contributed by atoms with van der Waals surface area (Å²) in [7, 11) is 0. The highest BCUT2D eigenvalue weighted by molar-refractivity contribution is 9.10. The highest BCUT2D eigenvalue weighted by Crippen LogP contribution is 2.50. The van der Waals surface area contributed by atoms with Crippen molar-refractivity contribution >= 4 is 27.0 Å². The van der Waals surface area contributed by atoms with Gasteiger partial charge in [0.25, 0.3) is 0 Å². The molecule has 6 nitrogen and oxygen atoms in total. The lowest BCUT2D eigenvalue weighted by Gasteiger charge is -2.30. The molecule has 1 aliphatic heterocycles. The maximum atomic E-state index is 9.74. The van der Waals surface area contributed by atoms with Gasteiger partial charge in [-0.3, -0.25) is 4.68 Å². The number of ether oxygens (including phenoxy) is 1. The SMILES string of the molecule is CCn1nc(Br)c2nc([C@@H]3OCCNC3C)cc(C3(C#N)CC3)c21. The molecule has 0 amide bonds.